The van der Waals surface area contributed by atoms with Crippen molar-refractivity contribution in [3.8, 4) is 11.1 Å². The number of amides is 2. The summed E-state index contributed by atoms with van der Waals surface area (Å²) in [5.41, 5.74) is 6.04. The number of carbonyl (C=O) groups excluding carboxylic acids is 2. The molecule has 29 heavy (non-hydrogen) atoms. The van der Waals surface area contributed by atoms with Crippen molar-refractivity contribution < 1.29 is 9.59 Å². The summed E-state index contributed by atoms with van der Waals surface area (Å²) in [6, 6.07) is 14.9. The van der Waals surface area contributed by atoms with E-state index in [1.54, 1.807) is 4.90 Å². The first kappa shape index (κ1) is 18.4. The van der Waals surface area contributed by atoms with Crippen LogP contribution in [0.25, 0.3) is 11.1 Å². The molecular formula is C24H27N3O2. The van der Waals surface area contributed by atoms with Crippen molar-refractivity contribution in [2.45, 2.75) is 32.2 Å². The zero-order valence-electron chi connectivity index (χ0n) is 16.8. The molecular weight excluding hydrogens is 362 g/mol. The standard InChI is InChI=1S/C24H27N3O2/c1-15-13-25-9-8-22(15)26-24(29)18-12-23(28)27(14-18)19-6-7-21-17(11-19)10-16-4-2-3-5-20(16)21/h2-7,11,15,18,22,25H,8-10,12-14H2,1H3,(H,26,29). The van der Waals surface area contributed by atoms with Gasteiger partial charge in [-0.25, -0.2) is 0 Å². The molecule has 2 amide bonds. The van der Waals surface area contributed by atoms with E-state index in [4.69, 9.17) is 0 Å². The van der Waals surface area contributed by atoms with Gasteiger partial charge in [-0.1, -0.05) is 37.3 Å². The van der Waals surface area contributed by atoms with Gasteiger partial charge in [-0.15, -0.1) is 0 Å². The Labute approximate surface area is 171 Å². The maximum Gasteiger partial charge on any atom is 0.227 e. The zero-order valence-corrected chi connectivity index (χ0v) is 16.8. The number of rotatable bonds is 3. The fraction of sp³-hybridized carbons (Fsp3) is 0.417. The molecule has 2 N–H and O–H groups in total. The first-order chi connectivity index (χ1) is 14.1. The van der Waals surface area contributed by atoms with Crippen molar-refractivity contribution >= 4 is 17.5 Å². The van der Waals surface area contributed by atoms with Crippen LogP contribution in [-0.4, -0.2) is 37.5 Å². The van der Waals surface area contributed by atoms with Crippen LogP contribution in [-0.2, 0) is 16.0 Å². The number of piperidine rings is 1. The summed E-state index contributed by atoms with van der Waals surface area (Å²) in [5, 5.41) is 6.56. The topological polar surface area (TPSA) is 61.4 Å². The summed E-state index contributed by atoms with van der Waals surface area (Å²) in [5.74, 6) is 0.210. The molecule has 0 spiro atoms. The van der Waals surface area contributed by atoms with Crippen LogP contribution in [0.1, 0.15) is 30.9 Å². The Morgan fingerprint density at radius 1 is 1.14 bits per heavy atom. The number of fused-ring (bicyclic) bond motifs is 3. The second-order valence-corrected chi connectivity index (χ2v) is 8.67. The molecule has 3 unspecified atom stereocenters. The number of carbonyl (C=O) groups is 2. The van der Waals surface area contributed by atoms with Crippen molar-refractivity contribution in [1.29, 1.82) is 0 Å². The molecule has 2 aliphatic heterocycles. The molecule has 2 fully saturated rings. The largest absolute Gasteiger partial charge is 0.353 e. The monoisotopic (exact) mass is 389 g/mol. The van der Waals surface area contributed by atoms with Crippen LogP contribution < -0.4 is 15.5 Å². The highest BCUT2D eigenvalue weighted by Gasteiger charge is 2.37. The molecule has 1 aliphatic carbocycles. The number of anilines is 1. The van der Waals surface area contributed by atoms with Crippen molar-refractivity contribution in [1.82, 2.24) is 10.6 Å². The van der Waals surface area contributed by atoms with E-state index in [2.05, 4.69) is 54.0 Å². The molecule has 3 atom stereocenters. The lowest BCUT2D eigenvalue weighted by atomic mass is 9.94. The van der Waals surface area contributed by atoms with Gasteiger partial charge in [0, 0.05) is 24.7 Å². The molecule has 3 aliphatic rings. The molecule has 2 aromatic rings. The first-order valence-corrected chi connectivity index (χ1v) is 10.6. The highest BCUT2D eigenvalue weighted by atomic mass is 16.2. The third-order valence-corrected chi connectivity index (χ3v) is 6.70. The van der Waals surface area contributed by atoms with Gasteiger partial charge >= 0.3 is 0 Å². The Balaban J connectivity index is 1.30. The van der Waals surface area contributed by atoms with E-state index in [0.29, 0.717) is 18.9 Å². The number of nitrogens with one attached hydrogen (secondary N) is 2. The summed E-state index contributed by atoms with van der Waals surface area (Å²) in [7, 11) is 0. The van der Waals surface area contributed by atoms with E-state index in [0.717, 1.165) is 31.6 Å². The Morgan fingerprint density at radius 3 is 2.83 bits per heavy atom. The summed E-state index contributed by atoms with van der Waals surface area (Å²) in [4.78, 5) is 27.3. The molecule has 0 aromatic heterocycles. The van der Waals surface area contributed by atoms with Crippen molar-refractivity contribution in [2.24, 2.45) is 11.8 Å². The second kappa shape index (κ2) is 7.30. The quantitative estimate of drug-likeness (QED) is 0.724. The van der Waals surface area contributed by atoms with Gasteiger partial charge in [0.2, 0.25) is 11.8 Å². The van der Waals surface area contributed by atoms with E-state index in [1.165, 1.54) is 22.3 Å². The maximum atomic E-state index is 12.8. The summed E-state index contributed by atoms with van der Waals surface area (Å²) < 4.78 is 0. The first-order valence-electron chi connectivity index (χ1n) is 10.6. The van der Waals surface area contributed by atoms with E-state index >= 15 is 0 Å². The zero-order chi connectivity index (χ0) is 20.0. The van der Waals surface area contributed by atoms with E-state index in [1.807, 2.05) is 6.07 Å². The van der Waals surface area contributed by atoms with Gasteiger partial charge in [0.05, 0.1) is 5.92 Å². The lowest BCUT2D eigenvalue weighted by Crippen LogP contribution is -2.50. The Kier molecular flexibility index (Phi) is 4.63. The van der Waals surface area contributed by atoms with Crippen LogP contribution in [0.4, 0.5) is 5.69 Å². The van der Waals surface area contributed by atoms with Crippen molar-refractivity contribution in [3.63, 3.8) is 0 Å². The molecule has 150 valence electrons. The number of hydrogen-bond acceptors (Lipinski definition) is 3. The third kappa shape index (κ3) is 3.33. The minimum Gasteiger partial charge on any atom is -0.353 e. The molecule has 0 radical (unpaired) electrons. The maximum absolute atomic E-state index is 12.8. The minimum atomic E-state index is -0.268. The minimum absolute atomic E-state index is 0.0214. The highest BCUT2D eigenvalue weighted by Crippen LogP contribution is 2.39. The lowest BCUT2D eigenvalue weighted by Gasteiger charge is -2.31. The molecule has 2 aromatic carbocycles. The van der Waals surface area contributed by atoms with E-state index in [9.17, 15) is 9.59 Å². The molecule has 5 rings (SSSR count). The van der Waals surface area contributed by atoms with Crippen molar-refractivity contribution in [3.05, 3.63) is 53.6 Å². The fourth-order valence-electron chi connectivity index (χ4n) is 4.96. The van der Waals surface area contributed by atoms with Crippen LogP contribution in [0, 0.1) is 11.8 Å². The third-order valence-electron chi connectivity index (χ3n) is 6.70. The van der Waals surface area contributed by atoms with Crippen LogP contribution >= 0.6 is 0 Å². The smallest absolute Gasteiger partial charge is 0.227 e. The van der Waals surface area contributed by atoms with Crippen molar-refractivity contribution in [2.75, 3.05) is 24.5 Å². The number of nitrogens with zero attached hydrogens (tertiary/aromatic N) is 1. The van der Waals surface area contributed by atoms with Crippen LogP contribution in [0.15, 0.2) is 42.5 Å². The summed E-state index contributed by atoms with van der Waals surface area (Å²) in [6.07, 6.45) is 2.14. The summed E-state index contributed by atoms with van der Waals surface area (Å²) >= 11 is 0. The lowest BCUT2D eigenvalue weighted by molar-refractivity contribution is -0.127. The normalized spacial score (nSPS) is 25.6. The second-order valence-electron chi connectivity index (χ2n) is 8.67. The van der Waals surface area contributed by atoms with Gasteiger partial charge in [-0.05, 0) is 66.2 Å². The number of benzene rings is 2. The predicted molar refractivity (Wildman–Crippen MR) is 114 cm³/mol. The van der Waals surface area contributed by atoms with Gasteiger partial charge in [0.25, 0.3) is 0 Å². The summed E-state index contributed by atoms with van der Waals surface area (Å²) in [6.45, 7) is 4.49. The average molecular weight is 389 g/mol. The van der Waals surface area contributed by atoms with Crippen LogP contribution in [0.5, 0.6) is 0 Å². The molecule has 0 bridgehead atoms. The van der Waals surface area contributed by atoms with E-state index in [-0.39, 0.29) is 23.8 Å². The average Bonchev–Trinajstić information content (AvgIpc) is 3.29. The Hall–Kier alpha value is -2.66. The van der Waals surface area contributed by atoms with Crippen LogP contribution in [0.3, 0.4) is 0 Å². The Morgan fingerprint density at radius 2 is 1.97 bits per heavy atom. The van der Waals surface area contributed by atoms with Gasteiger partial charge in [0.1, 0.15) is 0 Å². The fourth-order valence-corrected chi connectivity index (χ4v) is 4.96. The molecule has 5 nitrogen and oxygen atoms in total. The highest BCUT2D eigenvalue weighted by molar-refractivity contribution is 6.00. The van der Waals surface area contributed by atoms with E-state index < -0.39 is 0 Å². The van der Waals surface area contributed by atoms with Gasteiger partial charge < -0.3 is 15.5 Å². The van der Waals surface area contributed by atoms with Gasteiger partial charge in [-0.3, -0.25) is 9.59 Å². The predicted octanol–water partition coefficient (Wildman–Crippen LogP) is 2.72. The Bertz CT molecular complexity index is 970. The van der Waals surface area contributed by atoms with Gasteiger partial charge in [0.15, 0.2) is 0 Å². The van der Waals surface area contributed by atoms with Gasteiger partial charge in [-0.2, -0.15) is 0 Å². The SMILES string of the molecule is CC1CNCCC1NC(=O)C1CC(=O)N(c2ccc3c(c2)Cc2ccccc2-3)C1. The molecule has 2 heterocycles. The molecule has 0 saturated carbocycles. The van der Waals surface area contributed by atoms with Crippen LogP contribution in [0.2, 0.25) is 0 Å². The number of hydrogen-bond donors (Lipinski definition) is 2. The molecule has 2 saturated heterocycles. The molecule has 5 heteroatoms.